The maximum Gasteiger partial charge on any atom is 0.219 e. The number of nitrogens with one attached hydrogen (secondary N) is 1. The number of carbonyl (C=O) groups excluding carboxylic acids is 2. The normalized spacial score (nSPS) is 16.5. The quantitative estimate of drug-likeness (QED) is 0.385. The molecule has 4 aliphatic rings. The lowest BCUT2D eigenvalue weighted by molar-refractivity contribution is -0.130. The van der Waals surface area contributed by atoms with Crippen LogP contribution in [-0.4, -0.2) is 29.7 Å². The van der Waals surface area contributed by atoms with Gasteiger partial charge in [0.05, 0.1) is 0 Å². The van der Waals surface area contributed by atoms with Gasteiger partial charge in [-0.15, -0.1) is 0 Å². The van der Waals surface area contributed by atoms with Gasteiger partial charge in [-0.25, -0.2) is 0 Å². The molecule has 3 aromatic carbocycles. The molecule has 1 amide bonds. The predicted octanol–water partition coefficient (Wildman–Crippen LogP) is 6.29. The highest BCUT2D eigenvalue weighted by atomic mass is 16.2. The highest BCUT2D eigenvalue weighted by Crippen LogP contribution is 2.23. The Morgan fingerprint density at radius 2 is 1.74 bits per heavy atom. The van der Waals surface area contributed by atoms with E-state index in [1.54, 1.807) is 6.92 Å². The molecule has 0 aromatic heterocycles. The molecule has 4 heteroatoms. The monoisotopic (exact) mass is 556 g/mol. The number of nitrogens with zero attached hydrogens (tertiary/aromatic N) is 1. The number of amides is 1. The number of allylic oxidation sites excluding steroid dienone is 2. The van der Waals surface area contributed by atoms with Crippen LogP contribution in [0.5, 0.6) is 0 Å². The Kier molecular flexibility index (Phi) is 8.50. The maximum absolute atomic E-state index is 12.9. The van der Waals surface area contributed by atoms with Gasteiger partial charge in [-0.3, -0.25) is 9.59 Å². The van der Waals surface area contributed by atoms with Crippen LogP contribution in [0.4, 0.5) is 5.69 Å². The molecule has 3 aromatic rings. The first-order chi connectivity index (χ1) is 20.6. The Bertz CT molecular complexity index is 1770. The van der Waals surface area contributed by atoms with Crippen molar-refractivity contribution in [2.24, 2.45) is 5.92 Å². The van der Waals surface area contributed by atoms with Crippen molar-refractivity contribution in [2.75, 3.05) is 18.4 Å². The van der Waals surface area contributed by atoms with Crippen molar-refractivity contribution in [3.8, 4) is 0 Å². The van der Waals surface area contributed by atoms with Gasteiger partial charge >= 0.3 is 0 Å². The summed E-state index contributed by atoms with van der Waals surface area (Å²) in [6.45, 7) is 3.31. The van der Waals surface area contributed by atoms with Crippen molar-refractivity contribution in [3.05, 3.63) is 116 Å². The Hall–Kier alpha value is -4.18. The van der Waals surface area contributed by atoms with Gasteiger partial charge in [0.1, 0.15) is 0 Å². The second kappa shape index (κ2) is 12.8. The molecule has 2 heterocycles. The van der Waals surface area contributed by atoms with E-state index in [2.05, 4.69) is 59.9 Å². The van der Waals surface area contributed by atoms with Crippen molar-refractivity contribution in [1.29, 1.82) is 0 Å². The first kappa shape index (κ1) is 28.0. The van der Waals surface area contributed by atoms with Crippen molar-refractivity contribution in [3.63, 3.8) is 0 Å². The molecule has 2 aliphatic heterocycles. The second-order valence-corrected chi connectivity index (χ2v) is 11.8. The standard InChI is InChI=1S/C28H31NO2.C10H9N/c1-19(30)29-16-14-20(15-17-29)6-13-28(31)23-9-10-25-22(18-23)8-12-26-24-5-3-2-4-21(24)7-11-27(25)26;1-2-7-10-9(5-1)6-3-4-8-11-10/h4,7-11,18,20H,2-3,5-6,12-17H2,1H3;1-8,11H. The lowest BCUT2D eigenvalue weighted by atomic mass is 9.88. The van der Waals surface area contributed by atoms with Gasteiger partial charge in [-0.2, -0.15) is 0 Å². The molecule has 1 N–H and O–H groups in total. The maximum atomic E-state index is 12.9. The molecular weight excluding hydrogens is 516 g/mol. The summed E-state index contributed by atoms with van der Waals surface area (Å²) in [6, 6.07) is 19.0. The average Bonchev–Trinajstić information content (AvgIpc) is 3.29. The van der Waals surface area contributed by atoms with Crippen LogP contribution in [-0.2, 0) is 17.6 Å². The van der Waals surface area contributed by atoms with Crippen LogP contribution >= 0.6 is 0 Å². The van der Waals surface area contributed by atoms with Crippen LogP contribution in [0.2, 0.25) is 0 Å². The van der Waals surface area contributed by atoms with Crippen LogP contribution < -0.4 is 15.8 Å². The van der Waals surface area contributed by atoms with Crippen LogP contribution in [0.1, 0.15) is 72.5 Å². The fourth-order valence-corrected chi connectivity index (χ4v) is 6.72. The van der Waals surface area contributed by atoms with Gasteiger partial charge < -0.3 is 10.2 Å². The van der Waals surface area contributed by atoms with E-state index in [4.69, 9.17) is 0 Å². The molecule has 7 rings (SSSR count). The molecule has 0 radical (unpaired) electrons. The number of piperidine rings is 1. The van der Waals surface area contributed by atoms with Crippen LogP contribution in [0.15, 0.2) is 72.9 Å². The number of Topliss-reactive ketones (excluding diaryl/α,β-unsaturated/α-hetero) is 1. The van der Waals surface area contributed by atoms with E-state index < -0.39 is 0 Å². The molecule has 42 heavy (non-hydrogen) atoms. The third kappa shape index (κ3) is 6.18. The zero-order valence-corrected chi connectivity index (χ0v) is 24.6. The van der Waals surface area contributed by atoms with E-state index in [1.165, 1.54) is 56.8 Å². The number of hydrogen-bond acceptors (Lipinski definition) is 3. The minimum atomic E-state index is 0.167. The van der Waals surface area contributed by atoms with E-state index >= 15 is 0 Å². The SMILES string of the molecule is C1=CNc2ccccc2C=C1.CC(=O)N1CCC(CCC(=O)c2ccc3c(c2)=CCc2c4c(ccc2=3)=CCCC4)CC1. The third-order valence-electron chi connectivity index (χ3n) is 9.17. The van der Waals surface area contributed by atoms with Crippen LogP contribution in [0.25, 0.3) is 18.2 Å². The summed E-state index contributed by atoms with van der Waals surface area (Å²) in [6.07, 6.45) is 20.9. The summed E-state index contributed by atoms with van der Waals surface area (Å²) < 4.78 is 0. The van der Waals surface area contributed by atoms with Crippen LogP contribution in [0, 0.1) is 16.4 Å². The number of ketones is 1. The number of carbonyl (C=O) groups is 2. The number of para-hydroxylation sites is 1. The molecule has 0 spiro atoms. The zero-order valence-electron chi connectivity index (χ0n) is 24.6. The molecule has 0 saturated carbocycles. The van der Waals surface area contributed by atoms with Gasteiger partial charge in [0.2, 0.25) is 5.91 Å². The predicted molar refractivity (Wildman–Crippen MR) is 172 cm³/mol. The molecule has 1 saturated heterocycles. The minimum absolute atomic E-state index is 0.167. The first-order valence-electron chi connectivity index (χ1n) is 15.5. The fraction of sp³-hybridized carbons (Fsp3) is 0.316. The van der Waals surface area contributed by atoms with E-state index in [0.717, 1.165) is 50.0 Å². The number of benzene rings is 3. The summed E-state index contributed by atoms with van der Waals surface area (Å²) in [5.74, 6) is 0.967. The van der Waals surface area contributed by atoms with Crippen molar-refractivity contribution >= 4 is 35.6 Å². The second-order valence-electron chi connectivity index (χ2n) is 11.8. The largest absolute Gasteiger partial charge is 0.361 e. The highest BCUT2D eigenvalue weighted by Gasteiger charge is 2.21. The first-order valence-corrected chi connectivity index (χ1v) is 15.5. The number of anilines is 1. The average molecular weight is 557 g/mol. The Morgan fingerprint density at radius 3 is 2.60 bits per heavy atom. The van der Waals surface area contributed by atoms with Crippen LogP contribution in [0.3, 0.4) is 0 Å². The zero-order chi connectivity index (χ0) is 28.9. The molecule has 1 fully saturated rings. The van der Waals surface area contributed by atoms with E-state index in [9.17, 15) is 9.59 Å². The van der Waals surface area contributed by atoms with E-state index in [0.29, 0.717) is 12.3 Å². The summed E-state index contributed by atoms with van der Waals surface area (Å²) in [4.78, 5) is 26.3. The molecule has 0 unspecified atom stereocenters. The molecule has 2 aliphatic carbocycles. The topological polar surface area (TPSA) is 49.4 Å². The third-order valence-corrected chi connectivity index (χ3v) is 9.17. The molecular formula is C38H40N2O2. The van der Waals surface area contributed by atoms with Crippen molar-refractivity contribution in [1.82, 2.24) is 4.90 Å². The summed E-state index contributed by atoms with van der Waals surface area (Å²) in [7, 11) is 0. The minimum Gasteiger partial charge on any atom is -0.361 e. The smallest absolute Gasteiger partial charge is 0.219 e. The van der Waals surface area contributed by atoms with Gasteiger partial charge in [-0.05, 0) is 107 Å². The van der Waals surface area contributed by atoms with E-state index in [-0.39, 0.29) is 11.7 Å². The Labute approximate surface area is 248 Å². The van der Waals surface area contributed by atoms with Gasteiger partial charge in [0.25, 0.3) is 0 Å². The Morgan fingerprint density at radius 1 is 0.905 bits per heavy atom. The molecule has 0 atom stereocenters. The number of fused-ring (bicyclic) bond motifs is 5. The lowest BCUT2D eigenvalue weighted by Gasteiger charge is -2.31. The number of likely N-dealkylation sites (tertiary alicyclic amines) is 1. The molecule has 0 bridgehead atoms. The van der Waals surface area contributed by atoms with Gasteiger partial charge in [0, 0.05) is 43.9 Å². The van der Waals surface area contributed by atoms with Crippen molar-refractivity contribution < 1.29 is 9.59 Å². The number of hydrogen-bond donors (Lipinski definition) is 1. The molecule has 4 nitrogen and oxygen atoms in total. The summed E-state index contributed by atoms with van der Waals surface area (Å²) in [5, 5.41) is 8.42. The van der Waals surface area contributed by atoms with Gasteiger partial charge in [0.15, 0.2) is 5.78 Å². The summed E-state index contributed by atoms with van der Waals surface area (Å²) >= 11 is 0. The fourth-order valence-electron chi connectivity index (χ4n) is 6.72. The van der Waals surface area contributed by atoms with Crippen molar-refractivity contribution in [2.45, 2.75) is 58.3 Å². The highest BCUT2D eigenvalue weighted by molar-refractivity contribution is 5.96. The van der Waals surface area contributed by atoms with Gasteiger partial charge in [-0.1, -0.05) is 66.8 Å². The molecule has 214 valence electrons. The Balaban J connectivity index is 0.000000240. The lowest BCUT2D eigenvalue weighted by Crippen LogP contribution is -2.37. The summed E-state index contributed by atoms with van der Waals surface area (Å²) in [5.41, 5.74) is 6.25. The number of rotatable bonds is 4. The van der Waals surface area contributed by atoms with E-state index in [1.807, 2.05) is 41.5 Å².